The smallest absolute Gasteiger partial charge is 0.328 e. The van der Waals surface area contributed by atoms with Gasteiger partial charge in [-0.25, -0.2) is 4.79 Å². The lowest BCUT2D eigenvalue weighted by atomic mass is 9.95. The molecule has 0 unspecified atom stereocenters. The van der Waals surface area contributed by atoms with Gasteiger partial charge in [-0.2, -0.15) is 11.8 Å². The molecule has 0 spiro atoms. The zero-order valence-corrected chi connectivity index (χ0v) is 63.3. The fourth-order valence-electron chi connectivity index (χ4n) is 11.5. The summed E-state index contributed by atoms with van der Waals surface area (Å²) < 4.78 is 0. The van der Waals surface area contributed by atoms with E-state index in [9.17, 15) is 112 Å². The number of rotatable bonds is 47. The number of hydrogen-bond donors (Lipinski definition) is 20. The number of carboxylic acids is 3. The maximum Gasteiger partial charge on any atom is 0.328 e. The van der Waals surface area contributed by atoms with Crippen molar-refractivity contribution in [2.24, 2.45) is 17.8 Å². The Kier molecular flexibility index (Phi) is 39.9. The number of thioether (sulfide) groups is 1. The number of nitrogens with zero attached hydrogens (tertiary/aromatic N) is 1. The predicted molar refractivity (Wildman–Crippen MR) is 387 cm³/mol. The lowest BCUT2D eigenvalue weighted by Gasteiger charge is -2.33. The van der Waals surface area contributed by atoms with Crippen molar-refractivity contribution >= 4 is 112 Å². The molecule has 108 heavy (non-hydrogen) atoms. The van der Waals surface area contributed by atoms with E-state index >= 15 is 0 Å². The van der Waals surface area contributed by atoms with E-state index < -0.39 is 242 Å². The third kappa shape index (κ3) is 30.9. The van der Waals surface area contributed by atoms with Crippen molar-refractivity contribution in [3.05, 3.63) is 35.9 Å². The van der Waals surface area contributed by atoms with Gasteiger partial charge in [-0.15, -0.1) is 0 Å². The zero-order valence-electron chi connectivity index (χ0n) is 62.5. The van der Waals surface area contributed by atoms with Gasteiger partial charge in [0.25, 0.3) is 0 Å². The molecule has 2 fully saturated rings. The van der Waals surface area contributed by atoms with Gasteiger partial charge in [-0.05, 0) is 114 Å². The SMILES string of the molecule is CC[C@H](C)[C@H](NC(=O)[C@@H](NC(=O)[C@H](CCC(=O)O)NC(=O)[C@@H]1CCCN1)C(C)C)C(=O)N1CCC[C@H]1C(=O)N[C@@H](CCSC)C(=O)N[C@@H](Cc1ccccc1)C(=O)N[C@@H](CO)C(=O)N[C@@H](C)C(=O)N[C@@H](CC(C)C)C(=O)N[C@@H](CO)C(=O)N[C@@H](CCC(=O)O)C(=O)NCC(=O)N[C@@H](C)C(=O)N[C@H](C(=O)O)[C@@H](C)O. The van der Waals surface area contributed by atoms with Gasteiger partial charge in [0, 0.05) is 25.8 Å². The second-order valence-corrected chi connectivity index (χ2v) is 28.5. The molecule has 2 heterocycles. The summed E-state index contributed by atoms with van der Waals surface area (Å²) in [6.07, 6.45) is -0.0484. The van der Waals surface area contributed by atoms with Crippen LogP contribution in [0.1, 0.15) is 139 Å². The lowest BCUT2D eigenvalue weighted by Crippen LogP contribution is -2.62. The summed E-state index contributed by atoms with van der Waals surface area (Å²) in [6.45, 7) is 11.2. The van der Waals surface area contributed by atoms with Crippen molar-refractivity contribution in [1.29, 1.82) is 0 Å². The van der Waals surface area contributed by atoms with E-state index in [1.54, 1.807) is 78.1 Å². The van der Waals surface area contributed by atoms with Crippen molar-refractivity contribution in [2.45, 2.75) is 230 Å². The second kappa shape index (κ2) is 46.6. The molecule has 16 atom stereocenters. The minimum absolute atomic E-state index is 0.00720. The first kappa shape index (κ1) is 92.6. The highest BCUT2D eigenvalue weighted by atomic mass is 32.2. The number of aliphatic hydroxyl groups excluding tert-OH is 3. The summed E-state index contributed by atoms with van der Waals surface area (Å²) >= 11 is 1.33. The number of nitrogens with one attached hydrogen (secondary N) is 14. The summed E-state index contributed by atoms with van der Waals surface area (Å²) in [5.74, 6) is -18.2. The molecule has 0 saturated carbocycles. The van der Waals surface area contributed by atoms with Crippen LogP contribution in [0.3, 0.4) is 0 Å². The normalized spacial score (nSPS) is 17.9. The van der Waals surface area contributed by atoms with Crippen LogP contribution < -0.4 is 74.4 Å². The first-order valence-electron chi connectivity index (χ1n) is 35.9. The molecule has 1 aromatic carbocycles. The molecule has 0 bridgehead atoms. The van der Waals surface area contributed by atoms with E-state index in [1.807, 2.05) is 5.32 Å². The molecule has 39 heteroatoms. The summed E-state index contributed by atoms with van der Waals surface area (Å²) in [5.41, 5.74) is 0.519. The van der Waals surface area contributed by atoms with Gasteiger partial charge in [0.2, 0.25) is 82.7 Å². The van der Waals surface area contributed by atoms with Crippen molar-refractivity contribution in [3.8, 4) is 0 Å². The van der Waals surface area contributed by atoms with Crippen LogP contribution in [0, 0.1) is 17.8 Å². The molecular weight excluding hydrogens is 1440 g/mol. The van der Waals surface area contributed by atoms with Gasteiger partial charge in [0.15, 0.2) is 6.04 Å². The molecule has 14 amide bonds. The highest BCUT2D eigenvalue weighted by Gasteiger charge is 2.43. The number of carbonyl (C=O) groups excluding carboxylic acids is 14. The van der Waals surface area contributed by atoms with Gasteiger partial charge < -0.3 is 110 Å². The quantitative estimate of drug-likeness (QED) is 0.0290. The fraction of sp³-hybridized carbons (Fsp3) is 0.667. The highest BCUT2D eigenvalue weighted by molar-refractivity contribution is 7.98. The predicted octanol–water partition coefficient (Wildman–Crippen LogP) is -5.37. The minimum Gasteiger partial charge on any atom is -0.481 e. The third-order valence-corrected chi connectivity index (χ3v) is 18.6. The Morgan fingerprint density at radius 3 is 1.53 bits per heavy atom. The van der Waals surface area contributed by atoms with Crippen LogP contribution in [0.2, 0.25) is 0 Å². The molecule has 1 aromatic rings. The number of aliphatic hydroxyl groups is 3. The number of likely N-dealkylation sites (tertiary alicyclic amines) is 1. The van der Waals surface area contributed by atoms with E-state index in [0.717, 1.165) is 13.3 Å². The number of amides is 14. The van der Waals surface area contributed by atoms with Gasteiger partial charge in [-0.1, -0.05) is 78.3 Å². The first-order chi connectivity index (χ1) is 50.9. The third-order valence-electron chi connectivity index (χ3n) is 17.9. The van der Waals surface area contributed by atoms with E-state index in [1.165, 1.54) is 30.5 Å². The van der Waals surface area contributed by atoms with Crippen molar-refractivity contribution < 1.29 is 112 Å². The molecule has 2 aliphatic rings. The number of carboxylic acid groups (broad SMARTS) is 3. The second-order valence-electron chi connectivity index (χ2n) is 27.5. The Balaban J connectivity index is 1.77. The Labute approximate surface area is 630 Å². The van der Waals surface area contributed by atoms with E-state index in [4.69, 9.17) is 0 Å². The Hall–Kier alpha value is -9.60. The average Bonchev–Trinajstić information content (AvgIpc) is 1.56. The topological polar surface area (TPSA) is 583 Å². The van der Waals surface area contributed by atoms with Crippen LogP contribution in [-0.2, 0) is 87.9 Å². The lowest BCUT2D eigenvalue weighted by molar-refractivity contribution is -0.145. The number of aliphatic carboxylic acids is 3. The van der Waals surface area contributed by atoms with Crippen LogP contribution in [0.5, 0.6) is 0 Å². The maximum atomic E-state index is 14.7. The average molecular weight is 1550 g/mol. The van der Waals surface area contributed by atoms with Crippen LogP contribution in [0.4, 0.5) is 0 Å². The molecule has 604 valence electrons. The summed E-state index contributed by atoms with van der Waals surface area (Å²) in [7, 11) is 0. The summed E-state index contributed by atoms with van der Waals surface area (Å²) in [6, 6.07) is -11.6. The molecule has 0 aliphatic carbocycles. The molecule has 20 N–H and O–H groups in total. The molecule has 2 saturated heterocycles. The number of carbonyl (C=O) groups is 17. The monoisotopic (exact) mass is 1550 g/mol. The molecule has 0 radical (unpaired) electrons. The minimum atomic E-state index is -1.86. The molecular formula is C69H109N15O23S. The van der Waals surface area contributed by atoms with Crippen LogP contribution >= 0.6 is 11.8 Å². The van der Waals surface area contributed by atoms with Gasteiger partial charge in [0.05, 0.1) is 31.9 Å². The van der Waals surface area contributed by atoms with Crippen molar-refractivity contribution in [2.75, 3.05) is 44.9 Å². The van der Waals surface area contributed by atoms with Gasteiger partial charge >= 0.3 is 17.9 Å². The van der Waals surface area contributed by atoms with E-state index in [2.05, 4.69) is 69.1 Å². The van der Waals surface area contributed by atoms with Crippen molar-refractivity contribution in [3.63, 3.8) is 0 Å². The van der Waals surface area contributed by atoms with E-state index in [-0.39, 0.29) is 44.6 Å². The largest absolute Gasteiger partial charge is 0.481 e. The number of hydrogen-bond acceptors (Lipinski definition) is 22. The van der Waals surface area contributed by atoms with Crippen LogP contribution in [0.15, 0.2) is 30.3 Å². The van der Waals surface area contributed by atoms with Gasteiger partial charge in [0.1, 0.15) is 72.5 Å². The zero-order chi connectivity index (χ0) is 81.2. The fourth-order valence-corrected chi connectivity index (χ4v) is 11.9. The number of benzene rings is 1. The van der Waals surface area contributed by atoms with Gasteiger partial charge in [-0.3, -0.25) is 76.7 Å². The Morgan fingerprint density at radius 1 is 0.519 bits per heavy atom. The Morgan fingerprint density at radius 2 is 1.00 bits per heavy atom. The molecule has 3 rings (SSSR count). The highest BCUT2D eigenvalue weighted by Crippen LogP contribution is 2.23. The van der Waals surface area contributed by atoms with Crippen molar-refractivity contribution in [1.82, 2.24) is 79.3 Å². The standard InChI is InChI=1S/C69H109N15O23S/c1-11-36(6)54(82-67(104)53(35(4)5)81-61(98)43(22-24-52(91)92)75-59(96)41-19-15-26-70-41)68(105)84-27-16-20-49(84)66(103)76-44(25-28-108-10)60(97)78-46(30-40-17-13-12-14-18-40)63(100)79-47(32-85)64(101)73-38(8)56(93)77-45(29-34(2)3)62(99)80-48(33-86)65(102)74-42(21-23-51(89)90)58(95)71-31-50(88)72-37(7)57(94)83-55(39(9)87)69(106)107/h12-14,17-18,34-39,41-49,53-55,70,85-87H,11,15-16,19-33H2,1-10H3,(H,71,95)(H,72,88)(H,73,101)(H,74,102)(H,75,96)(H,76,103)(H,77,93)(H,78,97)(H,79,100)(H,80,99)(H,81,98)(H,82,104)(H,83,94)(H,89,90)(H,91,92)(H,106,107)/t36-,37-,38-,39+,41-,42-,43-,44-,45-,46-,47-,48-,49-,53-,54-,55-/m0/s1. The Bertz CT molecular complexity index is 3290. The molecule has 2 aliphatic heterocycles. The summed E-state index contributed by atoms with van der Waals surface area (Å²) in [5, 5.41) is 93.1. The summed E-state index contributed by atoms with van der Waals surface area (Å²) in [4.78, 5) is 229. The maximum absolute atomic E-state index is 14.7. The van der Waals surface area contributed by atoms with Crippen LogP contribution in [0.25, 0.3) is 0 Å². The van der Waals surface area contributed by atoms with E-state index in [0.29, 0.717) is 37.1 Å². The molecule has 38 nitrogen and oxygen atoms in total. The molecule has 0 aromatic heterocycles. The first-order valence-corrected chi connectivity index (χ1v) is 37.3. The van der Waals surface area contributed by atoms with Crippen LogP contribution in [-0.4, -0.2) is 272 Å².